The molecule has 0 saturated carbocycles. The topological polar surface area (TPSA) is 74.7 Å². The highest BCUT2D eigenvalue weighted by atomic mass is 16.5. The number of aromatic nitrogens is 2. The lowest BCUT2D eigenvalue weighted by molar-refractivity contribution is 0.365. The second kappa shape index (κ2) is 4.46. The molecule has 0 saturated heterocycles. The van der Waals surface area contributed by atoms with Crippen LogP contribution in [-0.4, -0.2) is 16.7 Å². The quantitative estimate of drug-likeness (QED) is 0.654. The third-order valence-corrected chi connectivity index (χ3v) is 1.26. The van der Waals surface area contributed by atoms with Crippen LogP contribution in [0.15, 0.2) is 4.52 Å². The molecule has 0 bridgehead atoms. The van der Waals surface area contributed by atoms with Gasteiger partial charge in [0.25, 0.3) is 0 Å². The van der Waals surface area contributed by atoms with Crippen molar-refractivity contribution in [1.82, 2.24) is 15.5 Å². The Hall–Kier alpha value is -1.41. The van der Waals surface area contributed by atoms with E-state index in [4.69, 9.17) is 9.78 Å². The van der Waals surface area contributed by atoms with E-state index in [1.807, 2.05) is 6.07 Å². The van der Waals surface area contributed by atoms with E-state index in [0.717, 1.165) is 0 Å². The molecule has 1 aromatic rings. The fourth-order valence-electron chi connectivity index (χ4n) is 0.751. The van der Waals surface area contributed by atoms with Crippen LogP contribution in [0.1, 0.15) is 18.1 Å². The summed E-state index contributed by atoms with van der Waals surface area (Å²) in [5, 5.41) is 14.8. The van der Waals surface area contributed by atoms with Crippen molar-refractivity contribution in [3.63, 3.8) is 0 Å². The summed E-state index contributed by atoms with van der Waals surface area (Å²) in [6.07, 6.45) is 0.493. The zero-order valence-corrected chi connectivity index (χ0v) is 6.87. The fraction of sp³-hybridized carbons (Fsp3) is 0.571. The molecule has 0 aliphatic heterocycles. The molecule has 0 unspecified atom stereocenters. The maximum atomic E-state index is 8.23. The second-order valence-electron chi connectivity index (χ2n) is 2.32. The van der Waals surface area contributed by atoms with Crippen LogP contribution in [0, 0.1) is 18.3 Å². The molecule has 0 aliphatic carbocycles. The number of nitrogens with zero attached hydrogens (tertiary/aromatic N) is 3. The molecule has 1 rings (SSSR count). The highest BCUT2D eigenvalue weighted by molar-refractivity contribution is 4.82. The van der Waals surface area contributed by atoms with Gasteiger partial charge >= 0.3 is 0 Å². The summed E-state index contributed by atoms with van der Waals surface area (Å²) < 4.78 is 4.84. The zero-order chi connectivity index (χ0) is 8.81. The van der Waals surface area contributed by atoms with Crippen molar-refractivity contribution in [1.29, 1.82) is 5.26 Å². The molecule has 1 heterocycles. The maximum Gasteiger partial charge on any atom is 0.240 e. The first kappa shape index (κ1) is 8.68. The monoisotopic (exact) mass is 166 g/mol. The first-order valence-corrected chi connectivity index (χ1v) is 3.70. The van der Waals surface area contributed by atoms with Gasteiger partial charge in [0.05, 0.1) is 12.6 Å². The standard InChI is InChI=1S/C7H10N4O/c1-6-10-7(12-11-6)5-9-4-2-3-8/h9H,2,4-5H2,1H3. The summed E-state index contributed by atoms with van der Waals surface area (Å²) in [6, 6.07) is 2.03. The molecule has 0 aliphatic rings. The summed E-state index contributed by atoms with van der Waals surface area (Å²) in [5.74, 6) is 1.19. The molecule has 1 N–H and O–H groups in total. The zero-order valence-electron chi connectivity index (χ0n) is 6.87. The van der Waals surface area contributed by atoms with Crippen LogP contribution in [0.4, 0.5) is 0 Å². The molecule has 0 amide bonds. The number of hydrogen-bond acceptors (Lipinski definition) is 5. The van der Waals surface area contributed by atoms with Gasteiger partial charge in [-0.3, -0.25) is 0 Å². The van der Waals surface area contributed by atoms with Crippen molar-refractivity contribution in [2.24, 2.45) is 0 Å². The average molecular weight is 166 g/mol. The van der Waals surface area contributed by atoms with E-state index in [1.165, 1.54) is 0 Å². The van der Waals surface area contributed by atoms with Crippen molar-refractivity contribution in [3.8, 4) is 6.07 Å². The Morgan fingerprint density at radius 2 is 2.50 bits per heavy atom. The van der Waals surface area contributed by atoms with Crippen LogP contribution in [0.25, 0.3) is 0 Å². The fourth-order valence-corrected chi connectivity index (χ4v) is 0.751. The van der Waals surface area contributed by atoms with Gasteiger partial charge in [-0.2, -0.15) is 10.2 Å². The Kier molecular flexibility index (Phi) is 3.23. The lowest BCUT2D eigenvalue weighted by Crippen LogP contribution is -2.14. The number of hydrogen-bond donors (Lipinski definition) is 1. The highest BCUT2D eigenvalue weighted by Crippen LogP contribution is 1.93. The second-order valence-corrected chi connectivity index (χ2v) is 2.32. The normalized spacial score (nSPS) is 9.67. The lowest BCUT2D eigenvalue weighted by Gasteiger charge is -1.94. The van der Waals surface area contributed by atoms with E-state index in [9.17, 15) is 0 Å². The third-order valence-electron chi connectivity index (χ3n) is 1.26. The van der Waals surface area contributed by atoms with Crippen molar-refractivity contribution < 1.29 is 4.52 Å². The molecular weight excluding hydrogens is 156 g/mol. The van der Waals surface area contributed by atoms with Gasteiger partial charge in [-0.25, -0.2) is 0 Å². The number of nitriles is 1. The van der Waals surface area contributed by atoms with E-state index in [-0.39, 0.29) is 0 Å². The highest BCUT2D eigenvalue weighted by Gasteiger charge is 1.99. The summed E-state index contributed by atoms with van der Waals surface area (Å²) in [7, 11) is 0. The van der Waals surface area contributed by atoms with Crippen molar-refractivity contribution >= 4 is 0 Å². The summed E-state index contributed by atoms with van der Waals surface area (Å²) >= 11 is 0. The Morgan fingerprint density at radius 1 is 1.67 bits per heavy atom. The van der Waals surface area contributed by atoms with Gasteiger partial charge in [0.15, 0.2) is 5.82 Å². The van der Waals surface area contributed by atoms with Crippen LogP contribution < -0.4 is 5.32 Å². The van der Waals surface area contributed by atoms with Crippen molar-refractivity contribution in [2.45, 2.75) is 19.9 Å². The van der Waals surface area contributed by atoms with Crippen LogP contribution in [0.2, 0.25) is 0 Å². The molecule has 5 nitrogen and oxygen atoms in total. The van der Waals surface area contributed by atoms with Crippen LogP contribution in [-0.2, 0) is 6.54 Å². The Balaban J connectivity index is 2.21. The van der Waals surface area contributed by atoms with Gasteiger partial charge in [0.2, 0.25) is 5.89 Å². The molecule has 1 aromatic heterocycles. The molecule has 5 heteroatoms. The molecular formula is C7H10N4O. The third kappa shape index (κ3) is 2.68. The largest absolute Gasteiger partial charge is 0.338 e. The van der Waals surface area contributed by atoms with Gasteiger partial charge < -0.3 is 9.84 Å². The Bertz CT molecular complexity index is 275. The van der Waals surface area contributed by atoms with Crippen LogP contribution in [0.5, 0.6) is 0 Å². The Labute approximate surface area is 70.4 Å². The molecule has 0 radical (unpaired) electrons. The number of nitrogens with one attached hydrogen (secondary N) is 1. The average Bonchev–Trinajstić information content (AvgIpc) is 2.45. The predicted molar refractivity (Wildman–Crippen MR) is 41.0 cm³/mol. The molecule has 0 fully saturated rings. The SMILES string of the molecule is Cc1noc(CNCCC#N)n1. The van der Waals surface area contributed by atoms with Gasteiger partial charge in [-0.05, 0) is 6.92 Å². The van der Waals surface area contributed by atoms with Gasteiger partial charge in [0.1, 0.15) is 0 Å². The van der Waals surface area contributed by atoms with Gasteiger partial charge in [-0.1, -0.05) is 5.16 Å². The number of rotatable bonds is 4. The van der Waals surface area contributed by atoms with E-state index in [2.05, 4.69) is 15.5 Å². The van der Waals surface area contributed by atoms with E-state index in [0.29, 0.717) is 31.2 Å². The maximum absolute atomic E-state index is 8.23. The molecule has 12 heavy (non-hydrogen) atoms. The minimum absolute atomic E-state index is 0.493. The molecule has 0 atom stereocenters. The molecule has 64 valence electrons. The summed E-state index contributed by atoms with van der Waals surface area (Å²) in [5.41, 5.74) is 0. The molecule has 0 spiro atoms. The lowest BCUT2D eigenvalue weighted by atomic mass is 10.4. The molecule has 0 aromatic carbocycles. The van der Waals surface area contributed by atoms with Crippen molar-refractivity contribution in [3.05, 3.63) is 11.7 Å². The minimum Gasteiger partial charge on any atom is -0.338 e. The Morgan fingerprint density at radius 3 is 3.08 bits per heavy atom. The first-order chi connectivity index (χ1) is 5.83. The van der Waals surface area contributed by atoms with Crippen LogP contribution >= 0.6 is 0 Å². The summed E-state index contributed by atoms with van der Waals surface area (Å²) in [4.78, 5) is 3.99. The first-order valence-electron chi connectivity index (χ1n) is 3.70. The predicted octanol–water partition coefficient (Wildman–Crippen LogP) is 0.381. The van der Waals surface area contributed by atoms with Crippen LogP contribution in [0.3, 0.4) is 0 Å². The van der Waals surface area contributed by atoms with Gasteiger partial charge in [-0.15, -0.1) is 0 Å². The smallest absolute Gasteiger partial charge is 0.240 e. The number of aryl methyl sites for hydroxylation is 1. The minimum atomic E-state index is 0.493. The summed E-state index contributed by atoms with van der Waals surface area (Å²) in [6.45, 7) is 2.95. The van der Waals surface area contributed by atoms with Gasteiger partial charge in [0, 0.05) is 13.0 Å². The van der Waals surface area contributed by atoms with Crippen molar-refractivity contribution in [2.75, 3.05) is 6.54 Å². The van der Waals surface area contributed by atoms with E-state index in [1.54, 1.807) is 6.92 Å². The van der Waals surface area contributed by atoms with E-state index >= 15 is 0 Å². The van der Waals surface area contributed by atoms with E-state index < -0.39 is 0 Å².